The van der Waals surface area contributed by atoms with Crippen LogP contribution < -0.4 is 4.90 Å². The Morgan fingerprint density at radius 2 is 1.93 bits per heavy atom. The molecule has 2 heterocycles. The van der Waals surface area contributed by atoms with Crippen LogP contribution in [0.2, 0.25) is 5.28 Å². The Morgan fingerprint density at radius 3 is 2.54 bits per heavy atom. The van der Waals surface area contributed by atoms with Crippen molar-refractivity contribution in [3.05, 3.63) is 39.3 Å². The number of fused-ring (bicyclic) bond motifs is 1. The van der Waals surface area contributed by atoms with Crippen LogP contribution in [0.25, 0.3) is 16.9 Å². The van der Waals surface area contributed by atoms with Gasteiger partial charge in [0.15, 0.2) is 17.0 Å². The van der Waals surface area contributed by atoms with Gasteiger partial charge >= 0.3 is 0 Å². The molecule has 7 heteroatoms. The molecule has 0 saturated carbocycles. The van der Waals surface area contributed by atoms with Crippen LogP contribution in [0, 0.1) is 6.92 Å². The first-order valence-electron chi connectivity index (χ1n) is 9.84. The van der Waals surface area contributed by atoms with E-state index < -0.39 is 0 Å². The first-order chi connectivity index (χ1) is 13.4. The second kappa shape index (κ2) is 8.78. The predicted octanol–water partition coefficient (Wildman–Crippen LogP) is 6.29. The number of aromatic nitrogens is 4. The molecule has 5 nitrogen and oxygen atoms in total. The SMILES string of the molecule is CCCCN(CC)c1nc(C)nc2c1nc(Cl)n2-c1ccc(C(C)C)cc1Br. The number of hydrogen-bond acceptors (Lipinski definition) is 4. The Morgan fingerprint density at radius 1 is 1.18 bits per heavy atom. The molecule has 1 aromatic carbocycles. The van der Waals surface area contributed by atoms with Crippen molar-refractivity contribution in [2.45, 2.75) is 53.4 Å². The van der Waals surface area contributed by atoms with Crippen LogP contribution >= 0.6 is 27.5 Å². The molecule has 0 aliphatic heterocycles. The smallest absolute Gasteiger partial charge is 0.209 e. The van der Waals surface area contributed by atoms with Crippen molar-refractivity contribution >= 4 is 44.5 Å². The summed E-state index contributed by atoms with van der Waals surface area (Å²) in [7, 11) is 0. The van der Waals surface area contributed by atoms with Crippen molar-refractivity contribution in [1.82, 2.24) is 19.5 Å². The number of benzene rings is 1. The molecule has 0 fully saturated rings. The molecule has 0 bridgehead atoms. The molecule has 0 saturated heterocycles. The van der Waals surface area contributed by atoms with Crippen LogP contribution in [0.15, 0.2) is 22.7 Å². The van der Waals surface area contributed by atoms with Gasteiger partial charge < -0.3 is 4.90 Å². The first-order valence-corrected chi connectivity index (χ1v) is 11.0. The highest BCUT2D eigenvalue weighted by Gasteiger charge is 2.21. The summed E-state index contributed by atoms with van der Waals surface area (Å²) in [6, 6.07) is 6.33. The lowest BCUT2D eigenvalue weighted by molar-refractivity contribution is 0.723. The van der Waals surface area contributed by atoms with E-state index in [1.54, 1.807) is 0 Å². The molecule has 28 heavy (non-hydrogen) atoms. The van der Waals surface area contributed by atoms with Gasteiger partial charge in [-0.05, 0) is 71.4 Å². The molecule has 0 amide bonds. The number of hydrogen-bond donors (Lipinski definition) is 0. The summed E-state index contributed by atoms with van der Waals surface area (Å²) >= 11 is 10.3. The van der Waals surface area contributed by atoms with E-state index in [2.05, 4.69) is 76.7 Å². The molecular formula is C21H27BrClN5. The van der Waals surface area contributed by atoms with E-state index in [-0.39, 0.29) is 0 Å². The Labute approximate surface area is 180 Å². The van der Waals surface area contributed by atoms with Gasteiger partial charge in [-0.1, -0.05) is 33.3 Å². The largest absolute Gasteiger partial charge is 0.355 e. The second-order valence-electron chi connectivity index (χ2n) is 7.28. The topological polar surface area (TPSA) is 46.8 Å². The highest BCUT2D eigenvalue weighted by molar-refractivity contribution is 9.10. The van der Waals surface area contributed by atoms with Crippen LogP contribution in [-0.4, -0.2) is 32.6 Å². The van der Waals surface area contributed by atoms with Crippen LogP contribution in [-0.2, 0) is 0 Å². The summed E-state index contributed by atoms with van der Waals surface area (Å²) in [6.07, 6.45) is 2.24. The van der Waals surface area contributed by atoms with Gasteiger partial charge in [0.05, 0.1) is 5.69 Å². The Kier molecular flexibility index (Phi) is 6.61. The van der Waals surface area contributed by atoms with Gasteiger partial charge in [-0.15, -0.1) is 0 Å². The summed E-state index contributed by atoms with van der Waals surface area (Å²) < 4.78 is 2.87. The molecule has 0 N–H and O–H groups in total. The zero-order valence-corrected chi connectivity index (χ0v) is 19.5. The van der Waals surface area contributed by atoms with Crippen molar-refractivity contribution in [2.24, 2.45) is 0 Å². The normalized spacial score (nSPS) is 11.6. The fraction of sp³-hybridized carbons (Fsp3) is 0.476. The fourth-order valence-corrected chi connectivity index (χ4v) is 4.11. The van der Waals surface area contributed by atoms with Crippen LogP contribution in [0.3, 0.4) is 0 Å². The van der Waals surface area contributed by atoms with Gasteiger partial charge in [0.25, 0.3) is 0 Å². The van der Waals surface area contributed by atoms with E-state index in [4.69, 9.17) is 16.6 Å². The highest BCUT2D eigenvalue weighted by atomic mass is 79.9. The summed E-state index contributed by atoms with van der Waals surface area (Å²) in [6.45, 7) is 12.4. The molecule has 0 aliphatic rings. The lowest BCUT2D eigenvalue weighted by Gasteiger charge is -2.22. The quantitative estimate of drug-likeness (QED) is 0.385. The zero-order valence-electron chi connectivity index (χ0n) is 17.1. The van der Waals surface area contributed by atoms with Crippen molar-refractivity contribution in [3.63, 3.8) is 0 Å². The van der Waals surface area contributed by atoms with Gasteiger partial charge in [0, 0.05) is 17.6 Å². The Balaban J connectivity index is 2.19. The molecule has 150 valence electrons. The second-order valence-corrected chi connectivity index (χ2v) is 8.47. The van der Waals surface area contributed by atoms with E-state index in [0.717, 1.165) is 53.1 Å². The van der Waals surface area contributed by atoms with Crippen molar-refractivity contribution in [3.8, 4) is 5.69 Å². The maximum atomic E-state index is 6.60. The molecule has 0 aliphatic carbocycles. The third kappa shape index (κ3) is 4.03. The Bertz CT molecular complexity index is 983. The zero-order chi connectivity index (χ0) is 20.4. The summed E-state index contributed by atoms with van der Waals surface area (Å²) in [5.41, 5.74) is 3.67. The minimum atomic E-state index is 0.390. The van der Waals surface area contributed by atoms with Gasteiger partial charge in [0.1, 0.15) is 5.82 Å². The van der Waals surface area contributed by atoms with Crippen LogP contribution in [0.4, 0.5) is 5.82 Å². The average molecular weight is 465 g/mol. The number of anilines is 1. The van der Waals surface area contributed by atoms with E-state index in [1.165, 1.54) is 5.56 Å². The van der Waals surface area contributed by atoms with Gasteiger partial charge in [-0.2, -0.15) is 0 Å². The number of rotatable bonds is 7. The highest BCUT2D eigenvalue weighted by Crippen LogP contribution is 2.33. The van der Waals surface area contributed by atoms with Crippen LogP contribution in [0.1, 0.15) is 57.8 Å². The standard InChI is InChI=1S/C21H27BrClN5/c1-6-8-11-27(7-2)19-18-20(25-14(5)24-19)28(21(23)26-18)17-10-9-15(13(3)4)12-16(17)22/h9-10,12-13H,6-8,11H2,1-5H3. The lowest BCUT2D eigenvalue weighted by atomic mass is 10.0. The van der Waals surface area contributed by atoms with E-state index in [1.807, 2.05) is 11.5 Å². The molecule has 0 spiro atoms. The third-order valence-electron chi connectivity index (χ3n) is 4.90. The number of imidazole rings is 1. The number of halogens is 2. The van der Waals surface area contributed by atoms with Crippen molar-refractivity contribution < 1.29 is 0 Å². The lowest BCUT2D eigenvalue weighted by Crippen LogP contribution is -2.25. The number of unbranched alkanes of at least 4 members (excludes halogenated alkanes) is 1. The Hall–Kier alpha value is -1.66. The molecule has 0 atom stereocenters. The van der Waals surface area contributed by atoms with Gasteiger partial charge in [-0.3, -0.25) is 4.57 Å². The fourth-order valence-electron chi connectivity index (χ4n) is 3.28. The first kappa shape index (κ1) is 21.1. The molecule has 0 unspecified atom stereocenters. The molecule has 2 aromatic heterocycles. The average Bonchev–Trinajstić information content (AvgIpc) is 2.97. The van der Waals surface area contributed by atoms with Gasteiger partial charge in [0.2, 0.25) is 5.28 Å². The predicted molar refractivity (Wildman–Crippen MR) is 121 cm³/mol. The van der Waals surface area contributed by atoms with E-state index in [0.29, 0.717) is 17.0 Å². The summed E-state index contributed by atoms with van der Waals surface area (Å²) in [5.74, 6) is 2.02. The monoisotopic (exact) mass is 463 g/mol. The number of nitrogens with zero attached hydrogens (tertiary/aromatic N) is 5. The maximum Gasteiger partial charge on any atom is 0.209 e. The number of aryl methyl sites for hydroxylation is 1. The minimum absolute atomic E-state index is 0.390. The third-order valence-corrected chi connectivity index (χ3v) is 5.79. The molecular weight excluding hydrogens is 438 g/mol. The molecule has 0 radical (unpaired) electrons. The van der Waals surface area contributed by atoms with E-state index >= 15 is 0 Å². The maximum absolute atomic E-state index is 6.60. The molecule has 3 rings (SSSR count). The van der Waals surface area contributed by atoms with Gasteiger partial charge in [-0.25, -0.2) is 15.0 Å². The minimum Gasteiger partial charge on any atom is -0.355 e. The van der Waals surface area contributed by atoms with Crippen molar-refractivity contribution in [2.75, 3.05) is 18.0 Å². The summed E-state index contributed by atoms with van der Waals surface area (Å²) in [4.78, 5) is 16.3. The van der Waals surface area contributed by atoms with Crippen LogP contribution in [0.5, 0.6) is 0 Å². The molecule has 3 aromatic rings. The summed E-state index contributed by atoms with van der Waals surface area (Å²) in [5, 5.41) is 0.390. The van der Waals surface area contributed by atoms with Crippen molar-refractivity contribution in [1.29, 1.82) is 0 Å². The van der Waals surface area contributed by atoms with E-state index in [9.17, 15) is 0 Å².